The number of benzene rings is 1. The maximum atomic E-state index is 13.2. The number of amides is 1. The fourth-order valence-corrected chi connectivity index (χ4v) is 3.99. The summed E-state index contributed by atoms with van der Waals surface area (Å²) in [5.74, 6) is -2.00. The highest BCUT2D eigenvalue weighted by atomic mass is 32.1. The molecule has 150 valence electrons. The van der Waals surface area contributed by atoms with Crippen LogP contribution in [0.3, 0.4) is 0 Å². The number of esters is 1. The molecule has 2 aromatic heterocycles. The summed E-state index contributed by atoms with van der Waals surface area (Å²) in [6, 6.07) is 8.38. The second-order valence-corrected chi connectivity index (χ2v) is 7.34. The summed E-state index contributed by atoms with van der Waals surface area (Å²) >= 11 is 1.15. The highest BCUT2D eigenvalue weighted by Gasteiger charge is 2.34. The summed E-state index contributed by atoms with van der Waals surface area (Å²) in [6.07, 6.45) is 2.73. The van der Waals surface area contributed by atoms with Gasteiger partial charge in [-0.25, -0.2) is 9.78 Å². The fraction of sp³-hybridized carbons (Fsp3) is 0.0952. The molecule has 0 atom stereocenters. The first-order valence-electron chi connectivity index (χ1n) is 8.81. The van der Waals surface area contributed by atoms with Crippen LogP contribution in [0.4, 0.5) is 0 Å². The number of fused-ring (bicyclic) bond motifs is 1. The molecule has 1 N–H and O–H groups in total. The van der Waals surface area contributed by atoms with E-state index in [0.29, 0.717) is 16.1 Å². The zero-order valence-electron chi connectivity index (χ0n) is 16.0. The number of hydrogen-bond acceptors (Lipinski definition) is 7. The molecule has 4 rings (SSSR count). The summed E-state index contributed by atoms with van der Waals surface area (Å²) < 4.78 is 6.20. The molecule has 0 bridgehead atoms. The van der Waals surface area contributed by atoms with E-state index in [1.807, 2.05) is 0 Å². The number of aryl methyl sites for hydroxylation is 1. The maximum absolute atomic E-state index is 13.2. The smallest absolute Gasteiger partial charge is 0.357 e. The Hall–Kier alpha value is -3.85. The molecule has 8 nitrogen and oxygen atoms in total. The van der Waals surface area contributed by atoms with E-state index in [1.54, 1.807) is 43.6 Å². The van der Waals surface area contributed by atoms with E-state index in [9.17, 15) is 19.2 Å². The Morgan fingerprint density at radius 3 is 2.60 bits per heavy atom. The minimum atomic E-state index is -0.597. The third-order valence-electron chi connectivity index (χ3n) is 4.58. The van der Waals surface area contributed by atoms with E-state index in [0.717, 1.165) is 17.4 Å². The normalized spacial score (nSPS) is 12.9. The van der Waals surface area contributed by atoms with E-state index in [-0.39, 0.29) is 22.6 Å². The van der Waals surface area contributed by atoms with Crippen molar-refractivity contribution in [2.24, 2.45) is 7.05 Å². The number of methoxy groups -OCH3 is 1. The van der Waals surface area contributed by atoms with Gasteiger partial charge in [0, 0.05) is 35.8 Å². The van der Waals surface area contributed by atoms with Crippen LogP contribution in [0.15, 0.2) is 53.7 Å². The lowest BCUT2D eigenvalue weighted by atomic mass is 9.95. The number of hydrogen-bond donors (Lipinski definition) is 1. The first kappa shape index (κ1) is 19.5. The maximum Gasteiger partial charge on any atom is 0.357 e. The quantitative estimate of drug-likeness (QED) is 0.649. The Balaban J connectivity index is 1.72. The number of Topliss-reactive ketones (excluding diaryl/α,β-unsaturated/α-hetero) is 1. The number of allylic oxidation sites excluding steroid dienone is 2. The van der Waals surface area contributed by atoms with Crippen molar-refractivity contribution in [3.05, 3.63) is 76.2 Å². The number of nitrogens with zero attached hydrogens (tertiary/aromatic N) is 2. The van der Waals surface area contributed by atoms with Crippen molar-refractivity contribution in [2.75, 3.05) is 7.11 Å². The molecule has 1 aliphatic rings. The lowest BCUT2D eigenvalue weighted by Crippen LogP contribution is -2.31. The Morgan fingerprint density at radius 1 is 1.17 bits per heavy atom. The molecule has 3 aromatic rings. The number of ketones is 2. The Labute approximate surface area is 174 Å². The minimum Gasteiger partial charge on any atom is -0.464 e. The van der Waals surface area contributed by atoms with Crippen molar-refractivity contribution in [3.63, 3.8) is 0 Å². The second kappa shape index (κ2) is 7.53. The van der Waals surface area contributed by atoms with Crippen LogP contribution in [-0.2, 0) is 11.8 Å². The summed E-state index contributed by atoms with van der Waals surface area (Å²) in [4.78, 5) is 54.3. The van der Waals surface area contributed by atoms with Crippen molar-refractivity contribution >= 4 is 34.8 Å². The summed E-state index contributed by atoms with van der Waals surface area (Å²) in [5, 5.41) is 4.44. The van der Waals surface area contributed by atoms with Gasteiger partial charge in [-0.3, -0.25) is 14.4 Å². The second-order valence-electron chi connectivity index (χ2n) is 6.48. The van der Waals surface area contributed by atoms with Gasteiger partial charge in [0.2, 0.25) is 11.6 Å². The van der Waals surface area contributed by atoms with Gasteiger partial charge in [-0.15, -0.1) is 11.3 Å². The lowest BCUT2D eigenvalue weighted by Gasteiger charge is -2.15. The zero-order chi connectivity index (χ0) is 21.4. The fourth-order valence-electron chi connectivity index (χ4n) is 3.19. The number of rotatable bonds is 4. The van der Waals surface area contributed by atoms with E-state index < -0.39 is 23.4 Å². The Morgan fingerprint density at radius 2 is 1.90 bits per heavy atom. The van der Waals surface area contributed by atoms with Crippen LogP contribution in [0.1, 0.15) is 41.7 Å². The molecule has 2 heterocycles. The van der Waals surface area contributed by atoms with Gasteiger partial charge in [0.15, 0.2) is 5.69 Å². The van der Waals surface area contributed by atoms with E-state index >= 15 is 0 Å². The number of nitrogens with one attached hydrogen (secondary N) is 1. The van der Waals surface area contributed by atoms with E-state index in [2.05, 4.69) is 15.0 Å². The number of ether oxygens (including phenoxy) is 1. The molecular formula is C21H15N3O5S. The molecule has 0 saturated carbocycles. The third kappa shape index (κ3) is 3.25. The van der Waals surface area contributed by atoms with E-state index in [4.69, 9.17) is 0 Å². The molecule has 30 heavy (non-hydrogen) atoms. The summed E-state index contributed by atoms with van der Waals surface area (Å²) in [5.41, 5.74) is 1.10. The molecule has 0 fully saturated rings. The number of thiazole rings is 1. The van der Waals surface area contributed by atoms with Crippen LogP contribution in [0.2, 0.25) is 0 Å². The topological polar surface area (TPSA) is 107 Å². The largest absolute Gasteiger partial charge is 0.464 e. The monoisotopic (exact) mass is 421 g/mol. The van der Waals surface area contributed by atoms with Crippen LogP contribution in [-0.4, -0.2) is 40.1 Å². The molecular weight excluding hydrogens is 406 g/mol. The molecule has 0 unspecified atom stereocenters. The molecule has 1 amide bonds. The predicted molar refractivity (Wildman–Crippen MR) is 109 cm³/mol. The first-order chi connectivity index (χ1) is 14.4. The van der Waals surface area contributed by atoms with Gasteiger partial charge < -0.3 is 14.6 Å². The number of carbonyl (C=O) groups excluding carboxylic acids is 4. The minimum absolute atomic E-state index is 0.109. The standard InChI is InChI=1S/C21H15N3O5S/c1-24-9-12(20-23-14(10-30-20)21(28)29-2)16-17(24)15(25)8-13(18(16)26)22-19(27)11-6-4-3-5-7-11/h3-10H,1-2H3,(H,22,27). The van der Waals surface area contributed by atoms with Crippen molar-refractivity contribution < 1.29 is 23.9 Å². The Kier molecular flexibility index (Phi) is 4.88. The SMILES string of the molecule is COC(=O)c1csc(-c2cn(C)c3c2C(=O)C(NC(=O)c2ccccc2)=CC3=O)n1. The molecule has 0 saturated heterocycles. The van der Waals surface area contributed by atoms with Crippen molar-refractivity contribution in [1.82, 2.24) is 14.9 Å². The molecule has 9 heteroatoms. The lowest BCUT2D eigenvalue weighted by molar-refractivity contribution is 0.0594. The van der Waals surface area contributed by atoms with Crippen molar-refractivity contribution in [3.8, 4) is 10.6 Å². The van der Waals surface area contributed by atoms with Gasteiger partial charge in [-0.1, -0.05) is 18.2 Å². The van der Waals surface area contributed by atoms with Crippen LogP contribution < -0.4 is 5.32 Å². The first-order valence-corrected chi connectivity index (χ1v) is 9.69. The summed E-state index contributed by atoms with van der Waals surface area (Å²) in [6.45, 7) is 0. The summed E-state index contributed by atoms with van der Waals surface area (Å²) in [7, 11) is 2.89. The van der Waals surface area contributed by atoms with Gasteiger partial charge in [-0.05, 0) is 12.1 Å². The zero-order valence-corrected chi connectivity index (χ0v) is 16.8. The Bertz CT molecular complexity index is 1240. The van der Waals surface area contributed by atoms with E-state index in [1.165, 1.54) is 17.1 Å². The average Bonchev–Trinajstić information content (AvgIpc) is 3.37. The van der Waals surface area contributed by atoms with Gasteiger partial charge in [0.25, 0.3) is 5.91 Å². The van der Waals surface area contributed by atoms with Crippen molar-refractivity contribution in [2.45, 2.75) is 0 Å². The molecule has 0 spiro atoms. The number of carbonyl (C=O) groups is 4. The van der Waals surface area contributed by atoms with Crippen LogP contribution in [0, 0.1) is 0 Å². The average molecular weight is 421 g/mol. The van der Waals surface area contributed by atoms with Crippen LogP contribution in [0.5, 0.6) is 0 Å². The van der Waals surface area contributed by atoms with Crippen LogP contribution in [0.25, 0.3) is 10.6 Å². The predicted octanol–water partition coefficient (Wildman–Crippen LogP) is 2.63. The van der Waals surface area contributed by atoms with Crippen molar-refractivity contribution in [1.29, 1.82) is 0 Å². The molecule has 1 aliphatic carbocycles. The van der Waals surface area contributed by atoms with Gasteiger partial charge >= 0.3 is 5.97 Å². The van der Waals surface area contributed by atoms with Gasteiger partial charge in [0.1, 0.15) is 10.7 Å². The molecule has 0 aliphatic heterocycles. The van der Waals surface area contributed by atoms with Gasteiger partial charge in [-0.2, -0.15) is 0 Å². The third-order valence-corrected chi connectivity index (χ3v) is 5.45. The van der Waals surface area contributed by atoms with Crippen LogP contribution >= 0.6 is 11.3 Å². The number of aromatic nitrogens is 2. The highest BCUT2D eigenvalue weighted by Crippen LogP contribution is 2.34. The molecule has 0 radical (unpaired) electrons. The van der Waals surface area contributed by atoms with Gasteiger partial charge in [0.05, 0.1) is 18.4 Å². The molecule has 1 aromatic carbocycles. The highest BCUT2D eigenvalue weighted by molar-refractivity contribution is 7.13.